The van der Waals surface area contributed by atoms with Crippen LogP contribution in [-0.4, -0.2) is 85.8 Å². The molecule has 0 spiro atoms. The Balaban J connectivity index is 0.000000217. The fourth-order valence-corrected chi connectivity index (χ4v) is 17.4. The molecule has 0 aromatic heterocycles. The van der Waals surface area contributed by atoms with Gasteiger partial charge in [-0.25, -0.2) is 8.78 Å². The van der Waals surface area contributed by atoms with Crippen molar-refractivity contribution in [3.63, 3.8) is 0 Å². The molecule has 0 radical (unpaired) electrons. The zero-order valence-corrected chi connectivity index (χ0v) is 86.8. The van der Waals surface area contributed by atoms with E-state index in [4.69, 9.17) is 18.9 Å². The lowest BCUT2D eigenvalue weighted by molar-refractivity contribution is -0.138. The van der Waals surface area contributed by atoms with Gasteiger partial charge in [0.1, 0.15) is 34.8 Å². The minimum absolute atomic E-state index is 0.103. The normalized spacial score (nSPS) is 11.8. The maximum Gasteiger partial charge on any atom is 0.416 e. The summed E-state index contributed by atoms with van der Waals surface area (Å²) in [5, 5.41) is 6.94. The van der Waals surface area contributed by atoms with Gasteiger partial charge in [0.05, 0.1) is 16.7 Å². The second kappa shape index (κ2) is 57.7. The van der Waals surface area contributed by atoms with Crippen LogP contribution in [0.4, 0.5) is 54.0 Å². The molecule has 0 amide bonds. The highest BCUT2D eigenvalue weighted by atomic mass is 32.2. The molecule has 0 aliphatic carbocycles. The van der Waals surface area contributed by atoms with Crippen LogP contribution in [0.1, 0.15) is 224 Å². The summed E-state index contributed by atoms with van der Waals surface area (Å²) in [6.45, 7) is 37.7. The summed E-state index contributed by atoms with van der Waals surface area (Å²) in [7, 11) is 0. The number of halogens is 11. The number of thioether (sulfide) groups is 1. The highest BCUT2D eigenvalue weighted by Crippen LogP contribution is 2.37. The minimum Gasteiger partial charge on any atom is -0.456 e. The SMILES string of the molecule is Cc1cc(CN(CCCCCc2ccc(C(C)(C)C)cc2)Cc2ccc(OC=O)cc2)cc(C(F)(F)F)c1.Cc1cc(CN(CCCNCc2ccc(C(C)(C)C)cc2)c2ccc(SCOC=O)cc2)cc(C(F)(F)F)c1.Cc1cc(CN(CCNCc2ccc(C(C)(C)C)cc2)Cc2ccc(OC=O)cc2)cc(C(F)(F)F)c1.Cc1ccc(CCCCCN(Cc2ccc(OC=O)cc2)Cc2cc(F)cc(F)c2)cc1. The predicted octanol–water partition coefficient (Wildman–Crippen LogP) is 28.8. The topological polar surface area (TPSA) is 142 Å². The number of carbonyl (C=O) groups excluding carboxylic acids is 4. The van der Waals surface area contributed by atoms with Crippen molar-refractivity contribution in [1.82, 2.24) is 25.3 Å². The number of aryl methyl sites for hydroxylation is 6. The molecule has 780 valence electrons. The number of carbonyl (C=O) groups is 4. The van der Waals surface area contributed by atoms with Crippen molar-refractivity contribution in [3.05, 3.63) is 395 Å². The van der Waals surface area contributed by atoms with E-state index in [1.165, 1.54) is 105 Å². The van der Waals surface area contributed by atoms with Crippen LogP contribution in [0.3, 0.4) is 0 Å². The van der Waals surface area contributed by atoms with E-state index < -0.39 is 46.9 Å². The first kappa shape index (κ1) is 117. The molecule has 0 saturated carbocycles. The van der Waals surface area contributed by atoms with E-state index in [-0.39, 0.29) is 22.2 Å². The van der Waals surface area contributed by atoms with Gasteiger partial charge >= 0.3 is 18.5 Å². The molecular formula is C120H139F11N6O8S. The van der Waals surface area contributed by atoms with E-state index in [1.54, 1.807) is 63.2 Å². The third kappa shape index (κ3) is 43.0. The van der Waals surface area contributed by atoms with E-state index in [1.807, 2.05) is 72.8 Å². The van der Waals surface area contributed by atoms with Crippen LogP contribution >= 0.6 is 11.8 Å². The van der Waals surface area contributed by atoms with Crippen LogP contribution in [0.15, 0.2) is 272 Å². The van der Waals surface area contributed by atoms with Gasteiger partial charge in [-0.2, -0.15) is 39.5 Å². The second-order valence-corrected chi connectivity index (χ2v) is 41.2. The molecule has 14 nitrogen and oxygen atoms in total. The third-order valence-corrected chi connectivity index (χ3v) is 25.4. The Bertz CT molecular complexity index is 5930. The summed E-state index contributed by atoms with van der Waals surface area (Å²) in [6.07, 6.45) is -4.05. The maximum atomic E-state index is 13.7. The van der Waals surface area contributed by atoms with Crippen molar-refractivity contribution >= 4 is 43.3 Å². The quantitative estimate of drug-likeness (QED) is 0.0123. The highest BCUT2D eigenvalue weighted by molar-refractivity contribution is 7.99. The fourth-order valence-electron chi connectivity index (χ4n) is 16.8. The van der Waals surface area contributed by atoms with Crippen molar-refractivity contribution < 1.29 is 86.4 Å². The molecule has 26 heteroatoms. The molecule has 0 unspecified atom stereocenters. The molecule has 0 aliphatic heterocycles. The summed E-state index contributed by atoms with van der Waals surface area (Å²) >= 11 is 1.39. The summed E-state index contributed by atoms with van der Waals surface area (Å²) in [5.41, 5.74) is 16.9. The van der Waals surface area contributed by atoms with Gasteiger partial charge in [-0.3, -0.25) is 33.9 Å². The zero-order chi connectivity index (χ0) is 106. The number of nitrogens with zero attached hydrogens (tertiary/aromatic N) is 4. The summed E-state index contributed by atoms with van der Waals surface area (Å²) < 4.78 is 167. The van der Waals surface area contributed by atoms with E-state index in [2.05, 4.69) is 197 Å². The lowest BCUT2D eigenvalue weighted by Crippen LogP contribution is -2.31. The number of hydrogen-bond acceptors (Lipinski definition) is 15. The van der Waals surface area contributed by atoms with Gasteiger partial charge in [-0.05, 0) is 296 Å². The number of alkyl halides is 9. The van der Waals surface area contributed by atoms with Gasteiger partial charge in [0.15, 0.2) is 0 Å². The monoisotopic (exact) mass is 2030 g/mol. The Morgan fingerprint density at radius 3 is 0.959 bits per heavy atom. The summed E-state index contributed by atoms with van der Waals surface area (Å²) in [5.74, 6) is 0.485. The number of benzene rings is 12. The van der Waals surface area contributed by atoms with E-state index >= 15 is 0 Å². The largest absolute Gasteiger partial charge is 0.456 e. The number of nitrogens with one attached hydrogen (secondary N) is 2. The average molecular weight is 2030 g/mol. The van der Waals surface area contributed by atoms with Crippen LogP contribution < -0.4 is 29.7 Å². The molecular weight excluding hydrogens is 1890 g/mol. The molecule has 0 bridgehead atoms. The number of unbranched alkanes of at least 4 members (excludes halogenated alkanes) is 4. The minimum atomic E-state index is -4.39. The summed E-state index contributed by atoms with van der Waals surface area (Å²) in [6, 6.07) is 80.4. The Morgan fingerprint density at radius 2 is 0.610 bits per heavy atom. The first-order valence-corrected chi connectivity index (χ1v) is 50.3. The standard InChI is InChI=1S/C32H38F3NO2.C31H37F3N2O2S.C30H35F3N2O2.C27H29F2NO2/c1-24-18-27(20-29(19-24)32(33,34)35)22-36(21-26-11-15-30(16-12-26)38-23-37)17-7-5-6-8-25-9-13-28(14-10-25)31(2,3)4;1-23-16-25(18-27(17-23)31(32,33)34)20-36(28-10-12-29(13-11-28)39-22-38-21-37)15-5-14-35-19-24-6-8-26(9-7-24)30(2,3)4;1-22-15-25(17-27(16-22)30(31,32)33)20-35(19-24-7-11-28(12-8-24)37-21-36)14-13-34-18-23-5-9-26(10-6-23)29(2,3)4;1-21-6-8-22(9-7-21)5-3-2-4-14-30(19-24-15-25(28)17-26(29)16-24)18-23-10-12-27(13-11-23)32-20-31/h9-16,18-20,23H,5-8,17,21-22H2,1-4H3;6-13,16-18,21,35H,5,14-15,19-20,22H2,1-4H3;5-12,15-17,21,34H,13-14,18-20H2,1-4H3;6-13,15-17,20H,2-5,14,18-19H2,1H3. The molecule has 0 aliphatic rings. The number of hydrogen-bond donors (Lipinski definition) is 2. The lowest BCUT2D eigenvalue weighted by Gasteiger charge is -2.26. The van der Waals surface area contributed by atoms with Crippen molar-refractivity contribution in [3.8, 4) is 17.2 Å². The highest BCUT2D eigenvalue weighted by Gasteiger charge is 2.34. The molecule has 146 heavy (non-hydrogen) atoms. The molecule has 2 N–H and O–H groups in total. The van der Waals surface area contributed by atoms with Gasteiger partial charge in [0.25, 0.3) is 25.9 Å². The molecule has 0 heterocycles. The van der Waals surface area contributed by atoms with Crippen LogP contribution in [0, 0.1) is 39.3 Å². The average Bonchev–Trinajstić information content (AvgIpc) is 0.827. The smallest absolute Gasteiger partial charge is 0.416 e. The van der Waals surface area contributed by atoms with E-state index in [9.17, 15) is 67.5 Å². The van der Waals surface area contributed by atoms with E-state index in [0.29, 0.717) is 154 Å². The molecule has 0 saturated heterocycles. The van der Waals surface area contributed by atoms with Crippen molar-refractivity contribution in [2.24, 2.45) is 0 Å². The first-order chi connectivity index (χ1) is 69.3. The second-order valence-electron chi connectivity index (χ2n) is 40.2. The third-order valence-electron chi connectivity index (χ3n) is 24.5. The summed E-state index contributed by atoms with van der Waals surface area (Å²) in [4.78, 5) is 51.5. The Kier molecular flexibility index (Phi) is 46.4. The molecule has 0 fully saturated rings. The van der Waals surface area contributed by atoms with Crippen molar-refractivity contribution in [2.75, 3.05) is 50.1 Å². The number of ether oxygens (including phenoxy) is 4. The first-order valence-electron chi connectivity index (χ1n) is 49.4. The Hall–Kier alpha value is -12.3. The Labute approximate surface area is 859 Å². The van der Waals surface area contributed by atoms with Crippen LogP contribution in [0.2, 0.25) is 0 Å². The molecule has 12 aromatic carbocycles. The van der Waals surface area contributed by atoms with Crippen LogP contribution in [0.25, 0.3) is 0 Å². The van der Waals surface area contributed by atoms with Gasteiger partial charge in [0, 0.05) is 95.2 Å². The van der Waals surface area contributed by atoms with E-state index in [0.717, 1.165) is 117 Å². The van der Waals surface area contributed by atoms with Gasteiger partial charge in [-0.1, -0.05) is 261 Å². The number of rotatable bonds is 48. The van der Waals surface area contributed by atoms with Gasteiger partial charge in [-0.15, -0.1) is 0 Å². The number of anilines is 1. The maximum absolute atomic E-state index is 13.7. The van der Waals surface area contributed by atoms with Gasteiger partial charge in [0.2, 0.25) is 0 Å². The molecule has 0 atom stereocenters. The van der Waals surface area contributed by atoms with Crippen LogP contribution in [-0.2, 0) is 130 Å². The zero-order valence-electron chi connectivity index (χ0n) is 86.0. The molecule has 12 rings (SSSR count). The van der Waals surface area contributed by atoms with Gasteiger partial charge < -0.3 is 34.5 Å². The Morgan fingerprint density at radius 1 is 0.288 bits per heavy atom. The van der Waals surface area contributed by atoms with Crippen LogP contribution in [0.5, 0.6) is 17.2 Å². The fraction of sp³-hybridized carbons (Fsp3) is 0.367. The van der Waals surface area contributed by atoms with Crippen molar-refractivity contribution in [2.45, 2.75) is 246 Å². The lowest BCUT2D eigenvalue weighted by atomic mass is 9.86. The van der Waals surface area contributed by atoms with Crippen molar-refractivity contribution in [1.29, 1.82) is 0 Å². The predicted molar refractivity (Wildman–Crippen MR) is 562 cm³/mol. The molecule has 12 aromatic rings.